The van der Waals surface area contributed by atoms with Crippen LogP contribution in [-0.2, 0) is 29.8 Å². The Hall–Kier alpha value is -6.82. The SMILES string of the molecule is O=C(O)CN(c1ccccc1)c1nc(Cl)nc(Nc2ccc(/C=C/c3ccc(Nc4nc(Cl)nc(N(CC(=O)O)c5ccccc5)n4)cc3S(=O)(=O)O)c(S(=O)(=O)O)c2)n1. The van der Waals surface area contributed by atoms with E-state index in [-0.39, 0.29) is 56.9 Å². The molecule has 0 spiro atoms. The lowest BCUT2D eigenvalue weighted by molar-refractivity contribution is -0.136. The maximum atomic E-state index is 12.6. The van der Waals surface area contributed by atoms with E-state index in [4.69, 9.17) is 23.2 Å². The minimum atomic E-state index is -4.94. The van der Waals surface area contributed by atoms with Crippen molar-refractivity contribution in [2.24, 2.45) is 0 Å². The number of carbonyl (C=O) groups is 2. The number of rotatable bonds is 16. The third kappa shape index (κ3) is 11.0. The molecule has 6 N–H and O–H groups in total. The lowest BCUT2D eigenvalue weighted by Gasteiger charge is -2.21. The van der Waals surface area contributed by atoms with Gasteiger partial charge in [-0.2, -0.15) is 46.7 Å². The van der Waals surface area contributed by atoms with Crippen LogP contribution in [0.25, 0.3) is 12.2 Å². The number of carboxylic acids is 2. The van der Waals surface area contributed by atoms with E-state index in [1.807, 2.05) is 0 Å². The quantitative estimate of drug-likeness (QED) is 0.0482. The molecule has 2 heterocycles. The minimum absolute atomic E-state index is 0.0305. The topological polar surface area (TPSA) is 291 Å². The molecule has 0 aliphatic heterocycles. The summed E-state index contributed by atoms with van der Waals surface area (Å²) in [7, 11) is -9.87. The van der Waals surface area contributed by atoms with Crippen LogP contribution in [0.15, 0.2) is 107 Å². The zero-order valence-corrected chi connectivity index (χ0v) is 33.3. The molecule has 0 atom stereocenters. The molecule has 2 aromatic heterocycles. The van der Waals surface area contributed by atoms with Crippen molar-refractivity contribution < 1.29 is 45.7 Å². The molecule has 20 nitrogen and oxygen atoms in total. The number of para-hydroxylation sites is 2. The number of carboxylic acid groups (broad SMARTS) is 2. The van der Waals surface area contributed by atoms with Crippen LogP contribution in [-0.4, -0.2) is 91.1 Å². The molecule has 0 amide bonds. The number of aromatic nitrogens is 6. The van der Waals surface area contributed by atoms with Gasteiger partial charge in [0, 0.05) is 22.7 Å². The fourth-order valence-electron chi connectivity index (χ4n) is 5.46. The molecule has 0 saturated carbocycles. The summed E-state index contributed by atoms with van der Waals surface area (Å²) in [4.78, 5) is 49.1. The van der Waals surface area contributed by atoms with E-state index in [2.05, 4.69) is 40.5 Å². The third-order valence-electron chi connectivity index (χ3n) is 7.94. The van der Waals surface area contributed by atoms with Crippen molar-refractivity contribution in [1.29, 1.82) is 0 Å². The molecular formula is C36H28Cl2N10O10S2. The van der Waals surface area contributed by atoms with E-state index in [0.29, 0.717) is 11.4 Å². The van der Waals surface area contributed by atoms with Gasteiger partial charge in [-0.25, -0.2) is 0 Å². The second-order valence-corrected chi connectivity index (χ2v) is 15.6. The summed E-state index contributed by atoms with van der Waals surface area (Å²) in [5.74, 6) is -3.12. The normalized spacial score (nSPS) is 11.6. The largest absolute Gasteiger partial charge is 0.480 e. The van der Waals surface area contributed by atoms with E-state index in [1.165, 1.54) is 46.2 Å². The molecule has 60 heavy (non-hydrogen) atoms. The molecule has 6 aromatic rings. The van der Waals surface area contributed by atoms with Crippen LogP contribution >= 0.6 is 23.2 Å². The highest BCUT2D eigenvalue weighted by molar-refractivity contribution is 7.86. The Labute approximate surface area is 350 Å². The van der Waals surface area contributed by atoms with Gasteiger partial charge in [0.1, 0.15) is 22.9 Å². The summed E-state index contributed by atoms with van der Waals surface area (Å²) in [6.45, 7) is -1.09. The van der Waals surface area contributed by atoms with Gasteiger partial charge >= 0.3 is 11.9 Å². The molecule has 0 aliphatic rings. The van der Waals surface area contributed by atoms with Crippen LogP contribution in [0.1, 0.15) is 11.1 Å². The molecule has 0 unspecified atom stereocenters. The minimum Gasteiger partial charge on any atom is -0.480 e. The van der Waals surface area contributed by atoms with Crippen LogP contribution in [0.2, 0.25) is 10.6 Å². The number of anilines is 8. The number of aliphatic carboxylic acids is 2. The van der Waals surface area contributed by atoms with Crippen molar-refractivity contribution >= 4 is 114 Å². The third-order valence-corrected chi connectivity index (χ3v) is 10.1. The predicted molar refractivity (Wildman–Crippen MR) is 220 cm³/mol. The first-order chi connectivity index (χ1) is 28.4. The maximum Gasteiger partial charge on any atom is 0.323 e. The summed E-state index contributed by atoms with van der Waals surface area (Å²) < 4.78 is 70.6. The summed E-state index contributed by atoms with van der Waals surface area (Å²) in [6.07, 6.45) is 2.34. The molecular weight excluding hydrogens is 867 g/mol. The van der Waals surface area contributed by atoms with Gasteiger partial charge in [0.2, 0.25) is 34.4 Å². The highest BCUT2D eigenvalue weighted by Gasteiger charge is 2.22. The van der Waals surface area contributed by atoms with Gasteiger partial charge in [-0.1, -0.05) is 60.7 Å². The average molecular weight is 896 g/mol. The van der Waals surface area contributed by atoms with Crippen molar-refractivity contribution in [3.63, 3.8) is 0 Å². The van der Waals surface area contributed by atoms with Gasteiger partial charge in [0.25, 0.3) is 20.2 Å². The molecule has 308 valence electrons. The predicted octanol–water partition coefficient (Wildman–Crippen LogP) is 5.96. The number of hydrogen-bond acceptors (Lipinski definition) is 16. The Morgan fingerprint density at radius 1 is 0.567 bits per heavy atom. The lowest BCUT2D eigenvalue weighted by atomic mass is 10.1. The van der Waals surface area contributed by atoms with E-state index < -0.39 is 55.1 Å². The summed E-state index contributed by atoms with van der Waals surface area (Å²) in [5.41, 5.74) is 0.676. The van der Waals surface area contributed by atoms with Crippen molar-refractivity contribution in [2.45, 2.75) is 9.79 Å². The van der Waals surface area contributed by atoms with E-state index >= 15 is 0 Å². The maximum absolute atomic E-state index is 12.6. The van der Waals surface area contributed by atoms with Gasteiger partial charge in [0.05, 0.1) is 0 Å². The zero-order valence-electron chi connectivity index (χ0n) is 30.2. The zero-order chi connectivity index (χ0) is 43.2. The van der Waals surface area contributed by atoms with Gasteiger partial charge in [-0.05, 0) is 82.9 Å². The van der Waals surface area contributed by atoms with E-state index in [1.54, 1.807) is 60.7 Å². The second kappa shape index (κ2) is 18.0. The van der Waals surface area contributed by atoms with Crippen molar-refractivity contribution in [3.8, 4) is 0 Å². The number of nitrogens with one attached hydrogen (secondary N) is 2. The number of hydrogen-bond donors (Lipinski definition) is 6. The first kappa shape index (κ1) is 42.8. The fourth-order valence-corrected chi connectivity index (χ4v) is 7.19. The second-order valence-electron chi connectivity index (χ2n) is 12.1. The highest BCUT2D eigenvalue weighted by atomic mass is 35.5. The van der Waals surface area contributed by atoms with Crippen LogP contribution in [0.3, 0.4) is 0 Å². The number of benzene rings is 4. The Morgan fingerprint density at radius 3 is 1.27 bits per heavy atom. The van der Waals surface area contributed by atoms with Gasteiger partial charge in [-0.15, -0.1) is 0 Å². The lowest BCUT2D eigenvalue weighted by Crippen LogP contribution is -2.27. The fraction of sp³-hybridized carbons (Fsp3) is 0.0556. The first-order valence-corrected chi connectivity index (χ1v) is 20.4. The van der Waals surface area contributed by atoms with Gasteiger partial charge < -0.3 is 20.8 Å². The Balaban J connectivity index is 1.28. The Kier molecular flexibility index (Phi) is 12.8. The van der Waals surface area contributed by atoms with Crippen LogP contribution in [0, 0.1) is 0 Å². The number of nitrogens with zero attached hydrogens (tertiary/aromatic N) is 8. The average Bonchev–Trinajstić information content (AvgIpc) is 3.18. The van der Waals surface area contributed by atoms with Crippen LogP contribution < -0.4 is 20.4 Å². The van der Waals surface area contributed by atoms with E-state index in [0.717, 1.165) is 12.1 Å². The van der Waals surface area contributed by atoms with Crippen molar-refractivity contribution in [3.05, 3.63) is 119 Å². The molecule has 24 heteroatoms. The number of halogens is 2. The molecule has 0 saturated heterocycles. The Morgan fingerprint density at radius 2 is 0.933 bits per heavy atom. The molecule has 0 fully saturated rings. The van der Waals surface area contributed by atoms with Gasteiger partial charge in [-0.3, -0.25) is 28.5 Å². The van der Waals surface area contributed by atoms with E-state index in [9.17, 15) is 45.7 Å². The summed E-state index contributed by atoms with van der Waals surface area (Å²) >= 11 is 12.3. The molecule has 0 bridgehead atoms. The monoisotopic (exact) mass is 894 g/mol. The molecule has 6 rings (SSSR count). The van der Waals surface area contributed by atoms with Crippen LogP contribution in [0.4, 0.5) is 46.5 Å². The van der Waals surface area contributed by atoms with Crippen LogP contribution in [0.5, 0.6) is 0 Å². The summed E-state index contributed by atoms with van der Waals surface area (Å²) in [5, 5.41) is 23.9. The standard InChI is InChI=1S/C36H28Cl2N10O10S2/c37-31-41-33(45-35(43-31)47(19-29(49)50)25-7-3-1-4-8-25)39-23-15-13-21(27(17-23)59(53,54)55)11-12-22-14-16-24(18-28(22)60(56,57)58)40-34-42-32(38)44-36(46-34)48(20-30(51)52)26-9-5-2-6-10-26/h1-18H,19-20H2,(H,49,50)(H,51,52)(H,53,54,55)(H,56,57,58)(H,39,41,43,45)(H,40,42,44,46)/b12-11+. The summed E-state index contributed by atoms with van der Waals surface area (Å²) in [6, 6.07) is 24.0. The smallest absolute Gasteiger partial charge is 0.323 e. The molecule has 0 radical (unpaired) electrons. The molecule has 0 aliphatic carbocycles. The molecule has 4 aromatic carbocycles. The highest BCUT2D eigenvalue weighted by Crippen LogP contribution is 2.30. The van der Waals surface area contributed by atoms with Crippen molar-refractivity contribution in [2.75, 3.05) is 33.5 Å². The van der Waals surface area contributed by atoms with Crippen molar-refractivity contribution in [1.82, 2.24) is 29.9 Å². The Bertz CT molecular complexity index is 2650. The first-order valence-electron chi connectivity index (χ1n) is 16.8. The van der Waals surface area contributed by atoms with Gasteiger partial charge in [0.15, 0.2) is 0 Å².